The number of ether oxygens (including phenoxy) is 2. The fraction of sp³-hybridized carbons (Fsp3) is 0.500. The Morgan fingerprint density at radius 2 is 2.03 bits per heavy atom. The molecule has 0 saturated carbocycles. The summed E-state index contributed by atoms with van der Waals surface area (Å²) >= 11 is 0. The van der Waals surface area contributed by atoms with Crippen molar-refractivity contribution < 1.29 is 29.6 Å². The van der Waals surface area contributed by atoms with Gasteiger partial charge in [0.15, 0.2) is 23.1 Å². The van der Waals surface area contributed by atoms with Crippen LogP contribution in [0.3, 0.4) is 0 Å². The van der Waals surface area contributed by atoms with E-state index in [1.54, 1.807) is 0 Å². The monoisotopic (exact) mass is 546 g/mol. The van der Waals surface area contributed by atoms with Gasteiger partial charge in [-0.05, 0) is 6.92 Å². The molecule has 2 fully saturated rings. The molecule has 0 amide bonds. The number of aromatic amines is 2. The van der Waals surface area contributed by atoms with Crippen LogP contribution in [-0.4, -0.2) is 87.7 Å². The summed E-state index contributed by atoms with van der Waals surface area (Å²) in [5.41, 5.74) is 5.20. The van der Waals surface area contributed by atoms with Crippen LogP contribution in [-0.2, 0) is 14.3 Å². The van der Waals surface area contributed by atoms with Crippen molar-refractivity contribution in [2.45, 2.75) is 55.9 Å². The Labute approximate surface area is 218 Å². The first-order valence-corrected chi connectivity index (χ1v) is 11.8. The molecule has 7 atom stereocenters. The number of aliphatic hydroxyl groups is 3. The molecule has 0 radical (unpaired) electrons. The molecule has 17 nitrogen and oxygen atoms in total. The number of aromatic nitrogens is 6. The lowest BCUT2D eigenvalue weighted by molar-refractivity contribution is -0.133. The summed E-state index contributed by atoms with van der Waals surface area (Å²) < 4.78 is 14.0. The maximum absolute atomic E-state index is 12.6. The topological polar surface area (TPSA) is 245 Å². The molecule has 2 aliphatic heterocycles. The normalized spacial score (nSPS) is 30.5. The van der Waals surface area contributed by atoms with Gasteiger partial charge in [0.25, 0.3) is 11.1 Å². The van der Waals surface area contributed by atoms with Crippen molar-refractivity contribution in [1.29, 1.82) is 0 Å². The second-order valence-electron chi connectivity index (χ2n) is 9.07. The Hall–Kier alpha value is -3.73. The van der Waals surface area contributed by atoms with E-state index in [1.807, 2.05) is 0 Å². The zero-order valence-electron chi connectivity index (χ0n) is 20.5. The van der Waals surface area contributed by atoms with Crippen LogP contribution < -0.4 is 28.0 Å². The van der Waals surface area contributed by atoms with Gasteiger partial charge in [-0.25, -0.2) is 14.8 Å². The number of nitrogens with one attached hydrogen (secondary N) is 3. The van der Waals surface area contributed by atoms with E-state index < -0.39 is 65.9 Å². The highest BCUT2D eigenvalue weighted by Gasteiger charge is 2.56. The number of nitrogens with two attached hydrogens (primary N) is 1. The van der Waals surface area contributed by atoms with Crippen molar-refractivity contribution in [3.8, 4) is 11.8 Å². The molecule has 3 aromatic rings. The van der Waals surface area contributed by atoms with Gasteiger partial charge in [0.05, 0.1) is 32.0 Å². The fourth-order valence-corrected chi connectivity index (χ4v) is 4.60. The van der Waals surface area contributed by atoms with Crippen LogP contribution in [0.4, 0.5) is 0 Å². The summed E-state index contributed by atoms with van der Waals surface area (Å²) in [5.74, 6) is 5.11. The lowest BCUT2D eigenvalue weighted by Crippen LogP contribution is -2.65. The molecule has 0 aromatic carbocycles. The van der Waals surface area contributed by atoms with Gasteiger partial charge in [0, 0.05) is 12.6 Å². The molecule has 2 aliphatic rings. The van der Waals surface area contributed by atoms with Crippen molar-refractivity contribution in [3.05, 3.63) is 55.6 Å². The van der Waals surface area contributed by atoms with Crippen LogP contribution in [0.5, 0.6) is 0 Å². The lowest BCUT2D eigenvalue weighted by Gasteiger charge is -2.33. The molecule has 39 heavy (non-hydrogen) atoms. The highest BCUT2D eigenvalue weighted by atomic mass is 16.7. The van der Waals surface area contributed by atoms with Crippen LogP contribution in [0.15, 0.2) is 33.2 Å². The van der Waals surface area contributed by atoms with Crippen LogP contribution >= 0.6 is 0 Å². The number of H-pyrrole nitrogens is 2. The van der Waals surface area contributed by atoms with Gasteiger partial charge >= 0.3 is 5.69 Å². The molecular weight excluding hydrogens is 520 g/mol. The fourth-order valence-electron chi connectivity index (χ4n) is 4.60. The van der Waals surface area contributed by atoms with E-state index in [9.17, 15) is 29.7 Å². The molecule has 2 saturated heterocycles. The van der Waals surface area contributed by atoms with E-state index in [1.165, 1.54) is 24.1 Å². The number of fused-ring (bicyclic) bond motifs is 1. The van der Waals surface area contributed by atoms with Crippen molar-refractivity contribution in [1.82, 2.24) is 34.6 Å². The van der Waals surface area contributed by atoms with Gasteiger partial charge in [-0.2, -0.15) is 5.48 Å². The van der Waals surface area contributed by atoms with Gasteiger partial charge in [0.1, 0.15) is 30.1 Å². The summed E-state index contributed by atoms with van der Waals surface area (Å²) in [7, 11) is 0. The number of imidazole rings is 1. The second-order valence-corrected chi connectivity index (χ2v) is 9.07. The van der Waals surface area contributed by atoms with Crippen molar-refractivity contribution in [2.75, 3.05) is 13.2 Å². The van der Waals surface area contributed by atoms with Crippen LogP contribution in [0, 0.1) is 11.8 Å². The van der Waals surface area contributed by atoms with E-state index in [-0.39, 0.29) is 29.8 Å². The third-order valence-electron chi connectivity index (χ3n) is 6.59. The Bertz CT molecular complexity index is 1600. The molecule has 5 rings (SSSR count). The maximum Gasteiger partial charge on any atom is 0.330 e. The molecule has 3 aromatic heterocycles. The van der Waals surface area contributed by atoms with Crippen LogP contribution in [0.1, 0.15) is 31.4 Å². The first kappa shape index (κ1) is 26.9. The number of hydrogen-bond acceptors (Lipinski definition) is 13. The van der Waals surface area contributed by atoms with Crippen LogP contribution in [0.2, 0.25) is 0 Å². The Kier molecular flexibility index (Phi) is 7.19. The van der Waals surface area contributed by atoms with Gasteiger partial charge in [-0.15, -0.1) is 5.92 Å². The van der Waals surface area contributed by atoms with E-state index >= 15 is 0 Å². The van der Waals surface area contributed by atoms with Gasteiger partial charge in [0.2, 0.25) is 0 Å². The number of hydrogen-bond donors (Lipinski definition) is 7. The van der Waals surface area contributed by atoms with E-state index in [0.717, 1.165) is 10.8 Å². The van der Waals surface area contributed by atoms with Crippen molar-refractivity contribution >= 4 is 11.2 Å². The number of hydroxylamine groups is 1. The average molecular weight is 546 g/mol. The van der Waals surface area contributed by atoms with Gasteiger partial charge < -0.3 is 35.5 Å². The SMILES string of the molecule is CC#Cc1cn([C@@H]2O[C@H](CO)[C@@H](O)C2(N)NOC[C@H]2O[C@@H](n3cnc4c(=O)[nH]cnc43)C[C@@H]2O)c(=O)[nH]c1=O. The highest BCUT2D eigenvalue weighted by Crippen LogP contribution is 2.35. The maximum atomic E-state index is 12.6. The quantitative estimate of drug-likeness (QED) is 0.0852. The first-order chi connectivity index (χ1) is 18.7. The Balaban J connectivity index is 1.33. The molecule has 0 bridgehead atoms. The first-order valence-electron chi connectivity index (χ1n) is 11.8. The van der Waals surface area contributed by atoms with Gasteiger partial charge in [-0.3, -0.25) is 28.5 Å². The number of nitrogens with zero attached hydrogens (tertiary/aromatic N) is 4. The third kappa shape index (κ3) is 4.69. The molecule has 8 N–H and O–H groups in total. The zero-order chi connectivity index (χ0) is 27.9. The minimum Gasteiger partial charge on any atom is -0.394 e. The predicted octanol–water partition coefficient (Wildman–Crippen LogP) is -3.88. The van der Waals surface area contributed by atoms with E-state index in [2.05, 4.69) is 37.3 Å². The van der Waals surface area contributed by atoms with E-state index in [0.29, 0.717) is 0 Å². The zero-order valence-corrected chi connectivity index (χ0v) is 20.5. The Morgan fingerprint density at radius 1 is 1.23 bits per heavy atom. The second kappa shape index (κ2) is 10.4. The summed E-state index contributed by atoms with van der Waals surface area (Å²) in [6, 6.07) is 0. The van der Waals surface area contributed by atoms with E-state index in [4.69, 9.17) is 20.0 Å². The summed E-state index contributed by atoms with van der Waals surface area (Å²) in [6.07, 6.45) is -2.93. The standard InChI is InChI=1S/C22H26N8O9/c1-2-3-10-5-29(21(36)27-18(10)34)20-22(23,16(33)12(6-31)39-20)28-37-7-13-11(32)4-14(38-13)30-9-26-15-17(30)24-8-25-19(15)35/h5,8-9,11-14,16,20,28,31-33H,4,6-7,23H2,1H3,(H,24,25,35)(H,27,34,36)/t11-,12+,13+,14+,16+,20+,22?/m0/s1. The predicted molar refractivity (Wildman–Crippen MR) is 130 cm³/mol. The molecule has 17 heteroatoms. The molecule has 5 heterocycles. The lowest BCUT2D eigenvalue weighted by atomic mass is 10.0. The molecule has 208 valence electrons. The third-order valence-corrected chi connectivity index (χ3v) is 6.59. The molecule has 0 aliphatic carbocycles. The van der Waals surface area contributed by atoms with Crippen molar-refractivity contribution in [2.24, 2.45) is 5.73 Å². The van der Waals surface area contributed by atoms with Crippen LogP contribution in [0.25, 0.3) is 11.2 Å². The minimum absolute atomic E-state index is 0.0528. The largest absolute Gasteiger partial charge is 0.394 e. The summed E-state index contributed by atoms with van der Waals surface area (Å²) in [4.78, 5) is 54.8. The Morgan fingerprint density at radius 3 is 2.77 bits per heavy atom. The molecule has 1 unspecified atom stereocenters. The minimum atomic E-state index is -2.00. The van der Waals surface area contributed by atoms with Gasteiger partial charge in [-0.1, -0.05) is 5.92 Å². The average Bonchev–Trinajstić information content (AvgIpc) is 3.57. The summed E-state index contributed by atoms with van der Waals surface area (Å²) in [5, 5.41) is 31.0. The molecular formula is C22H26N8O9. The number of rotatable bonds is 7. The molecule has 0 spiro atoms. The highest BCUT2D eigenvalue weighted by molar-refractivity contribution is 5.68. The number of aliphatic hydroxyl groups excluding tert-OH is 3. The van der Waals surface area contributed by atoms with Crippen molar-refractivity contribution in [3.63, 3.8) is 0 Å². The smallest absolute Gasteiger partial charge is 0.330 e. The summed E-state index contributed by atoms with van der Waals surface area (Å²) in [6.45, 7) is 0.595.